The van der Waals surface area contributed by atoms with Gasteiger partial charge in [-0.15, -0.1) is 0 Å². The number of carbonyl (C=O) groups excluding carboxylic acids is 1. The largest absolute Gasteiger partial charge is 0.352 e. The highest BCUT2D eigenvalue weighted by Crippen LogP contribution is 2.26. The van der Waals surface area contributed by atoms with E-state index in [1.807, 2.05) is 13.8 Å². The molecule has 0 aliphatic rings. The summed E-state index contributed by atoms with van der Waals surface area (Å²) in [7, 11) is 0.881. The number of halogens is 3. The normalized spacial score (nSPS) is 13.1. The zero-order valence-corrected chi connectivity index (χ0v) is 14.1. The number of hydrogen-bond acceptors (Lipinski definition) is 3. The number of carbonyl (C=O) groups is 1. The molecule has 0 fully saturated rings. The highest BCUT2D eigenvalue weighted by atomic mass is 79.9. The van der Waals surface area contributed by atoms with Crippen LogP contribution in [0.5, 0.6) is 0 Å². The molecule has 1 aromatic rings. The summed E-state index contributed by atoms with van der Waals surface area (Å²) in [5.74, 6) is -1.58. The molecular weight excluding hydrogens is 373 g/mol. The Balaban J connectivity index is 3.13. The van der Waals surface area contributed by atoms with Gasteiger partial charge in [-0.1, -0.05) is 36.2 Å². The molecule has 0 aromatic heterocycles. The lowest BCUT2D eigenvalue weighted by molar-refractivity contribution is 0.0943. The zero-order valence-electron chi connectivity index (χ0n) is 10.9. The minimum absolute atomic E-state index is 0.241. The van der Waals surface area contributed by atoms with Gasteiger partial charge in [0, 0.05) is 21.7 Å². The van der Waals surface area contributed by atoms with Crippen LogP contribution < -0.4 is 5.32 Å². The quantitative estimate of drug-likeness (QED) is 0.790. The van der Waals surface area contributed by atoms with E-state index in [9.17, 15) is 17.6 Å². The Morgan fingerprint density at radius 2 is 2.10 bits per heavy atom. The first kappa shape index (κ1) is 17.4. The van der Waals surface area contributed by atoms with Crippen molar-refractivity contribution in [2.75, 3.05) is 6.54 Å². The van der Waals surface area contributed by atoms with Gasteiger partial charge in [0.2, 0.25) is 0 Å². The first-order valence-corrected chi connectivity index (χ1v) is 8.99. The minimum atomic E-state index is -4.26. The van der Waals surface area contributed by atoms with Gasteiger partial charge in [0.15, 0.2) is 5.82 Å². The minimum Gasteiger partial charge on any atom is -0.352 e. The Morgan fingerprint density at radius 3 is 2.60 bits per heavy atom. The summed E-state index contributed by atoms with van der Waals surface area (Å²) in [6.45, 7) is 4.28. The standard InChI is InChI=1S/C12H14BrClFNO3S/c1-3-7(2)6-16-12(17)9-4-8(13)5-10(11(9)15)20(14,18)19/h4-5,7H,3,6H2,1-2H3,(H,16,17). The Labute approximate surface area is 130 Å². The van der Waals surface area contributed by atoms with E-state index < -0.39 is 25.7 Å². The summed E-state index contributed by atoms with van der Waals surface area (Å²) < 4.78 is 36.8. The predicted molar refractivity (Wildman–Crippen MR) is 78.9 cm³/mol. The van der Waals surface area contributed by atoms with Gasteiger partial charge in [-0.25, -0.2) is 12.8 Å². The molecule has 1 N–H and O–H groups in total. The van der Waals surface area contributed by atoms with Crippen LogP contribution in [-0.4, -0.2) is 20.9 Å². The van der Waals surface area contributed by atoms with Crippen LogP contribution in [-0.2, 0) is 9.05 Å². The first-order valence-electron chi connectivity index (χ1n) is 5.88. The number of rotatable bonds is 5. The van der Waals surface area contributed by atoms with Gasteiger partial charge in [-0.2, -0.15) is 0 Å². The first-order chi connectivity index (χ1) is 9.16. The van der Waals surface area contributed by atoms with E-state index in [1.165, 1.54) is 6.07 Å². The molecule has 1 amide bonds. The predicted octanol–water partition coefficient (Wildman–Crippen LogP) is 3.29. The molecule has 1 atom stereocenters. The smallest absolute Gasteiger partial charge is 0.264 e. The Morgan fingerprint density at radius 1 is 1.50 bits per heavy atom. The zero-order chi connectivity index (χ0) is 15.5. The van der Waals surface area contributed by atoms with Crippen molar-refractivity contribution >= 4 is 41.6 Å². The fourth-order valence-electron chi connectivity index (χ4n) is 1.41. The summed E-state index contributed by atoms with van der Waals surface area (Å²) in [5, 5.41) is 2.56. The van der Waals surface area contributed by atoms with E-state index in [-0.39, 0.29) is 16.0 Å². The van der Waals surface area contributed by atoms with E-state index in [2.05, 4.69) is 21.2 Å². The summed E-state index contributed by atoms with van der Waals surface area (Å²) in [6, 6.07) is 2.23. The SMILES string of the molecule is CCC(C)CNC(=O)c1cc(Br)cc(S(=O)(=O)Cl)c1F. The van der Waals surface area contributed by atoms with Crippen molar-refractivity contribution in [2.45, 2.75) is 25.2 Å². The second-order valence-corrected chi connectivity index (χ2v) is 7.88. The summed E-state index contributed by atoms with van der Waals surface area (Å²) in [4.78, 5) is 11.2. The maximum absolute atomic E-state index is 14.1. The van der Waals surface area contributed by atoms with E-state index in [0.717, 1.165) is 12.5 Å². The number of benzene rings is 1. The van der Waals surface area contributed by atoms with Crippen molar-refractivity contribution in [1.29, 1.82) is 0 Å². The maximum Gasteiger partial charge on any atom is 0.264 e. The third-order valence-corrected chi connectivity index (χ3v) is 4.60. The van der Waals surface area contributed by atoms with Crippen molar-refractivity contribution < 1.29 is 17.6 Å². The lowest BCUT2D eigenvalue weighted by atomic mass is 10.1. The average Bonchev–Trinajstić information content (AvgIpc) is 2.36. The van der Waals surface area contributed by atoms with Gasteiger partial charge in [0.05, 0.1) is 5.56 Å². The van der Waals surface area contributed by atoms with Gasteiger partial charge >= 0.3 is 0 Å². The van der Waals surface area contributed by atoms with Crippen LogP contribution in [0, 0.1) is 11.7 Å². The van der Waals surface area contributed by atoms with Crippen molar-refractivity contribution in [1.82, 2.24) is 5.32 Å². The molecule has 1 unspecified atom stereocenters. The van der Waals surface area contributed by atoms with Crippen LogP contribution in [0.1, 0.15) is 30.6 Å². The molecule has 20 heavy (non-hydrogen) atoms. The fourth-order valence-corrected chi connectivity index (χ4v) is 2.95. The highest BCUT2D eigenvalue weighted by Gasteiger charge is 2.23. The molecule has 0 bridgehead atoms. The van der Waals surface area contributed by atoms with Crippen molar-refractivity contribution in [3.8, 4) is 0 Å². The molecule has 0 aliphatic heterocycles. The third kappa shape index (κ3) is 4.43. The molecule has 0 saturated carbocycles. The van der Waals surface area contributed by atoms with Crippen LogP contribution in [0.25, 0.3) is 0 Å². The number of nitrogens with one attached hydrogen (secondary N) is 1. The number of amides is 1. The van der Waals surface area contributed by atoms with E-state index in [4.69, 9.17) is 10.7 Å². The molecule has 112 valence electrons. The van der Waals surface area contributed by atoms with Crippen LogP contribution >= 0.6 is 26.6 Å². The average molecular weight is 387 g/mol. The summed E-state index contributed by atoms with van der Waals surface area (Å²) in [5.41, 5.74) is -0.359. The second kappa shape index (κ2) is 6.87. The Hall–Kier alpha value is -0.660. The topological polar surface area (TPSA) is 63.2 Å². The molecule has 0 saturated heterocycles. The van der Waals surface area contributed by atoms with E-state index >= 15 is 0 Å². The lowest BCUT2D eigenvalue weighted by Gasteiger charge is -2.12. The molecule has 4 nitrogen and oxygen atoms in total. The van der Waals surface area contributed by atoms with E-state index in [1.54, 1.807) is 0 Å². The van der Waals surface area contributed by atoms with Gasteiger partial charge in [0.25, 0.3) is 15.0 Å². The molecule has 0 heterocycles. The molecule has 8 heteroatoms. The van der Waals surface area contributed by atoms with Crippen molar-refractivity contribution in [3.63, 3.8) is 0 Å². The summed E-state index contributed by atoms with van der Waals surface area (Å²) >= 11 is 3.03. The van der Waals surface area contributed by atoms with Crippen LogP contribution in [0.3, 0.4) is 0 Å². The fraction of sp³-hybridized carbons (Fsp3) is 0.417. The van der Waals surface area contributed by atoms with Gasteiger partial charge in [0.1, 0.15) is 4.90 Å². The molecule has 0 radical (unpaired) electrons. The highest BCUT2D eigenvalue weighted by molar-refractivity contribution is 9.10. The van der Waals surface area contributed by atoms with Crippen molar-refractivity contribution in [3.05, 3.63) is 28.0 Å². The molecular formula is C12H14BrClFNO3S. The lowest BCUT2D eigenvalue weighted by Crippen LogP contribution is -2.29. The molecule has 0 aliphatic carbocycles. The Kier molecular flexibility index (Phi) is 5.97. The van der Waals surface area contributed by atoms with E-state index in [0.29, 0.717) is 6.54 Å². The Bertz CT molecular complexity index is 621. The third-order valence-electron chi connectivity index (χ3n) is 2.82. The number of hydrogen-bond donors (Lipinski definition) is 1. The second-order valence-electron chi connectivity index (χ2n) is 4.43. The van der Waals surface area contributed by atoms with Crippen LogP contribution in [0.4, 0.5) is 4.39 Å². The van der Waals surface area contributed by atoms with Gasteiger partial charge in [-0.05, 0) is 18.1 Å². The molecule has 1 rings (SSSR count). The van der Waals surface area contributed by atoms with Gasteiger partial charge < -0.3 is 5.32 Å². The van der Waals surface area contributed by atoms with Crippen LogP contribution in [0.15, 0.2) is 21.5 Å². The monoisotopic (exact) mass is 385 g/mol. The van der Waals surface area contributed by atoms with Crippen molar-refractivity contribution in [2.24, 2.45) is 5.92 Å². The maximum atomic E-state index is 14.1. The van der Waals surface area contributed by atoms with Gasteiger partial charge in [-0.3, -0.25) is 4.79 Å². The molecule has 1 aromatic carbocycles. The van der Waals surface area contributed by atoms with Crippen LogP contribution in [0.2, 0.25) is 0 Å². The molecule has 0 spiro atoms. The summed E-state index contributed by atoms with van der Waals surface area (Å²) in [6.07, 6.45) is 0.864.